The number of ether oxygens (including phenoxy) is 2. The first kappa shape index (κ1) is 17.7. The highest BCUT2D eigenvalue weighted by Crippen LogP contribution is 2.24. The maximum atomic E-state index is 12.6. The average Bonchev–Trinajstić information content (AvgIpc) is 2.72. The zero-order chi connectivity index (χ0) is 18.6. The number of aromatic nitrogens is 2. The molecule has 0 unspecified atom stereocenters. The smallest absolute Gasteiger partial charge is 0.281 e. The molecule has 2 aromatic carbocycles. The molecule has 0 saturated carbocycles. The normalized spacial score (nSPS) is 15.1. The minimum absolute atomic E-state index is 0.201. The van der Waals surface area contributed by atoms with Crippen molar-refractivity contribution in [2.24, 2.45) is 0 Å². The minimum Gasteiger partial charge on any atom is -0.494 e. The number of benzene rings is 2. The van der Waals surface area contributed by atoms with Crippen molar-refractivity contribution in [1.82, 2.24) is 14.5 Å². The van der Waals surface area contributed by atoms with Crippen molar-refractivity contribution in [1.29, 1.82) is 0 Å². The Balaban J connectivity index is 1.82. The molecule has 1 aliphatic heterocycles. The van der Waals surface area contributed by atoms with Gasteiger partial charge in [0.25, 0.3) is 5.56 Å². The van der Waals surface area contributed by atoms with Crippen molar-refractivity contribution in [3.05, 3.63) is 58.9 Å². The molecule has 6 heteroatoms. The second-order valence-electron chi connectivity index (χ2n) is 6.51. The molecule has 0 atom stereocenters. The zero-order valence-corrected chi connectivity index (χ0v) is 15.4. The van der Waals surface area contributed by atoms with Crippen LogP contribution in [-0.2, 0) is 11.4 Å². The van der Waals surface area contributed by atoms with Gasteiger partial charge in [0.05, 0.1) is 37.4 Å². The van der Waals surface area contributed by atoms with Gasteiger partial charge in [-0.05, 0) is 43.3 Å². The Morgan fingerprint density at radius 1 is 1.07 bits per heavy atom. The van der Waals surface area contributed by atoms with Gasteiger partial charge in [0, 0.05) is 18.7 Å². The molecule has 140 valence electrons. The van der Waals surface area contributed by atoms with Crippen molar-refractivity contribution >= 4 is 10.9 Å². The highest BCUT2D eigenvalue weighted by atomic mass is 16.5. The molecule has 1 saturated heterocycles. The highest BCUT2D eigenvalue weighted by Gasteiger charge is 2.17. The van der Waals surface area contributed by atoms with Gasteiger partial charge in [0.15, 0.2) is 0 Å². The maximum absolute atomic E-state index is 12.6. The van der Waals surface area contributed by atoms with Gasteiger partial charge in [0.2, 0.25) is 0 Å². The number of nitrogens with zero attached hydrogens (tertiary/aromatic N) is 3. The summed E-state index contributed by atoms with van der Waals surface area (Å²) < 4.78 is 13.1. The lowest BCUT2D eigenvalue weighted by atomic mass is 10.1. The zero-order valence-electron chi connectivity index (χ0n) is 15.4. The van der Waals surface area contributed by atoms with Crippen molar-refractivity contribution in [2.45, 2.75) is 13.6 Å². The Labute approximate surface area is 158 Å². The van der Waals surface area contributed by atoms with E-state index in [-0.39, 0.29) is 5.56 Å². The first-order valence-corrected chi connectivity index (χ1v) is 9.29. The molecule has 1 aromatic heterocycles. The number of fused-ring (bicyclic) bond motifs is 1. The minimum atomic E-state index is -0.201. The van der Waals surface area contributed by atoms with Gasteiger partial charge in [0.1, 0.15) is 11.6 Å². The molecular weight excluding hydrogens is 342 g/mol. The van der Waals surface area contributed by atoms with E-state index >= 15 is 0 Å². The summed E-state index contributed by atoms with van der Waals surface area (Å²) in [7, 11) is 0. The van der Waals surface area contributed by atoms with Gasteiger partial charge >= 0.3 is 0 Å². The van der Waals surface area contributed by atoms with Crippen LogP contribution in [0.3, 0.4) is 0 Å². The molecule has 0 spiro atoms. The summed E-state index contributed by atoms with van der Waals surface area (Å²) in [6.45, 7) is 6.42. The van der Waals surface area contributed by atoms with Gasteiger partial charge in [-0.15, -0.1) is 0 Å². The summed E-state index contributed by atoms with van der Waals surface area (Å²) in [6, 6.07) is 15.4. The van der Waals surface area contributed by atoms with Crippen molar-refractivity contribution in [3.8, 4) is 17.1 Å². The molecule has 0 radical (unpaired) electrons. The monoisotopic (exact) mass is 365 g/mol. The van der Waals surface area contributed by atoms with Crippen LogP contribution in [0.5, 0.6) is 5.75 Å². The van der Waals surface area contributed by atoms with Crippen LogP contribution in [0.1, 0.15) is 6.92 Å². The van der Waals surface area contributed by atoms with Gasteiger partial charge in [-0.25, -0.2) is 0 Å². The molecule has 3 aromatic rings. The average molecular weight is 365 g/mol. The van der Waals surface area contributed by atoms with Crippen LogP contribution < -0.4 is 10.3 Å². The van der Waals surface area contributed by atoms with E-state index < -0.39 is 0 Å². The first-order chi connectivity index (χ1) is 13.3. The van der Waals surface area contributed by atoms with Gasteiger partial charge < -0.3 is 14.0 Å². The standard InChI is InChI=1S/C21H23N3O3/c1-2-27-17-9-7-16(8-10-17)20-22-21(25)18-5-3-4-6-19(18)24(20)15-23-11-13-26-14-12-23/h3-10H,2,11-15H2,1H3. The molecule has 1 fully saturated rings. The third kappa shape index (κ3) is 3.72. The van der Waals surface area contributed by atoms with Crippen LogP contribution in [-0.4, -0.2) is 47.4 Å². The summed E-state index contributed by atoms with van der Waals surface area (Å²) in [5.41, 5.74) is 1.59. The Morgan fingerprint density at radius 3 is 2.56 bits per heavy atom. The highest BCUT2D eigenvalue weighted by molar-refractivity contribution is 5.80. The number of hydrogen-bond donors (Lipinski definition) is 0. The lowest BCUT2D eigenvalue weighted by molar-refractivity contribution is 0.0242. The largest absolute Gasteiger partial charge is 0.494 e. The summed E-state index contributed by atoms with van der Waals surface area (Å²) in [5.74, 6) is 1.48. The fraction of sp³-hybridized carbons (Fsp3) is 0.333. The van der Waals surface area contributed by atoms with E-state index in [0.29, 0.717) is 24.5 Å². The predicted octanol–water partition coefficient (Wildman–Crippen LogP) is 2.75. The molecule has 4 rings (SSSR count). The third-order valence-corrected chi connectivity index (χ3v) is 4.76. The molecule has 0 bridgehead atoms. The number of hydrogen-bond acceptors (Lipinski definition) is 5. The Hall–Kier alpha value is -2.70. The molecule has 27 heavy (non-hydrogen) atoms. The van der Waals surface area contributed by atoms with E-state index in [4.69, 9.17) is 9.47 Å². The van der Waals surface area contributed by atoms with E-state index in [1.807, 2.05) is 55.5 Å². The van der Waals surface area contributed by atoms with E-state index in [2.05, 4.69) is 14.5 Å². The van der Waals surface area contributed by atoms with Crippen LogP contribution in [0.15, 0.2) is 53.3 Å². The Bertz CT molecular complexity index is 976. The molecule has 0 aliphatic carbocycles. The Morgan fingerprint density at radius 2 is 1.81 bits per heavy atom. The van der Waals surface area contributed by atoms with Gasteiger partial charge in [-0.1, -0.05) is 12.1 Å². The van der Waals surface area contributed by atoms with Crippen LogP contribution in [0.4, 0.5) is 0 Å². The van der Waals surface area contributed by atoms with Crippen molar-refractivity contribution < 1.29 is 9.47 Å². The fourth-order valence-electron chi connectivity index (χ4n) is 3.39. The first-order valence-electron chi connectivity index (χ1n) is 9.29. The fourth-order valence-corrected chi connectivity index (χ4v) is 3.39. The molecule has 0 amide bonds. The predicted molar refractivity (Wildman–Crippen MR) is 105 cm³/mol. The van der Waals surface area contributed by atoms with E-state index in [0.717, 1.165) is 43.1 Å². The second-order valence-corrected chi connectivity index (χ2v) is 6.51. The molecule has 6 nitrogen and oxygen atoms in total. The van der Waals surface area contributed by atoms with Crippen molar-refractivity contribution in [2.75, 3.05) is 32.9 Å². The lowest BCUT2D eigenvalue weighted by Gasteiger charge is -2.29. The summed E-state index contributed by atoms with van der Waals surface area (Å²) in [6.07, 6.45) is 0. The van der Waals surface area contributed by atoms with E-state index in [1.165, 1.54) is 0 Å². The summed E-state index contributed by atoms with van der Waals surface area (Å²) >= 11 is 0. The topological polar surface area (TPSA) is 56.6 Å². The Kier molecular flexibility index (Phi) is 5.18. The molecule has 0 N–H and O–H groups in total. The van der Waals surface area contributed by atoms with Gasteiger partial charge in [-0.3, -0.25) is 9.69 Å². The van der Waals surface area contributed by atoms with Crippen molar-refractivity contribution in [3.63, 3.8) is 0 Å². The molecular formula is C21H23N3O3. The van der Waals surface area contributed by atoms with E-state index in [9.17, 15) is 4.79 Å². The van der Waals surface area contributed by atoms with Crippen LogP contribution in [0, 0.1) is 0 Å². The SMILES string of the molecule is CCOc1ccc(-c2nc(=O)c3ccccc3n2CN2CCOCC2)cc1. The van der Waals surface area contributed by atoms with Crippen LogP contribution >= 0.6 is 0 Å². The van der Waals surface area contributed by atoms with Crippen LogP contribution in [0.25, 0.3) is 22.3 Å². The summed E-state index contributed by atoms with van der Waals surface area (Å²) in [4.78, 5) is 19.3. The number of morpholine rings is 1. The third-order valence-electron chi connectivity index (χ3n) is 4.76. The maximum Gasteiger partial charge on any atom is 0.281 e. The van der Waals surface area contributed by atoms with Crippen LogP contribution in [0.2, 0.25) is 0 Å². The quantitative estimate of drug-likeness (QED) is 0.696. The molecule has 1 aliphatic rings. The lowest BCUT2D eigenvalue weighted by Crippen LogP contribution is -2.38. The van der Waals surface area contributed by atoms with E-state index in [1.54, 1.807) is 0 Å². The number of rotatable bonds is 5. The van der Waals surface area contributed by atoms with Gasteiger partial charge in [-0.2, -0.15) is 4.98 Å². The number of para-hydroxylation sites is 1. The molecule has 2 heterocycles. The summed E-state index contributed by atoms with van der Waals surface area (Å²) in [5, 5.41) is 0.639. The second kappa shape index (κ2) is 7.90.